The third-order valence-corrected chi connectivity index (χ3v) is 6.15. The minimum Gasteiger partial charge on any atom is -0.506 e. The molecule has 0 bridgehead atoms. The second-order valence-electron chi connectivity index (χ2n) is 6.35. The molecule has 4 rings (SSSR count). The molecule has 150 valence electrons. The van der Waals surface area contributed by atoms with Crippen molar-refractivity contribution < 1.29 is 9.90 Å². The van der Waals surface area contributed by atoms with Crippen molar-refractivity contribution in [1.29, 1.82) is 0 Å². The molecule has 0 saturated carbocycles. The number of rotatable bonds is 4. The van der Waals surface area contributed by atoms with E-state index in [0.717, 1.165) is 5.56 Å². The molecule has 2 aromatic carbocycles. The van der Waals surface area contributed by atoms with E-state index in [1.54, 1.807) is 61.1 Å². The number of carbonyl (C=O) groups excluding carboxylic acids is 1. The summed E-state index contributed by atoms with van der Waals surface area (Å²) in [5, 5.41) is 17.4. The maximum Gasteiger partial charge on any atom is 0.271 e. The van der Waals surface area contributed by atoms with Crippen LogP contribution in [0.2, 0.25) is 10.0 Å². The van der Waals surface area contributed by atoms with Crippen molar-refractivity contribution in [2.45, 2.75) is 6.92 Å². The van der Waals surface area contributed by atoms with Gasteiger partial charge >= 0.3 is 0 Å². The maximum atomic E-state index is 12.5. The topological polar surface area (TPSA) is 87.5 Å². The lowest BCUT2D eigenvalue weighted by Crippen LogP contribution is -2.19. The van der Waals surface area contributed by atoms with Crippen molar-refractivity contribution in [2.24, 2.45) is 5.10 Å². The first-order valence-electron chi connectivity index (χ1n) is 8.75. The fraction of sp³-hybridized carbons (Fsp3) is 0.0476. The molecule has 0 radical (unpaired) electrons. The van der Waals surface area contributed by atoms with E-state index in [4.69, 9.17) is 23.2 Å². The highest BCUT2D eigenvalue weighted by atomic mass is 35.5. The predicted molar refractivity (Wildman–Crippen MR) is 121 cm³/mol. The molecule has 0 spiro atoms. The summed E-state index contributed by atoms with van der Waals surface area (Å²) < 4.78 is 0. The Morgan fingerprint density at radius 2 is 1.83 bits per heavy atom. The number of carbonyl (C=O) groups is 1. The molecule has 2 N–H and O–H groups in total. The summed E-state index contributed by atoms with van der Waals surface area (Å²) >= 11 is 13.4. The average molecular weight is 457 g/mol. The van der Waals surface area contributed by atoms with Gasteiger partial charge in [0.25, 0.3) is 5.91 Å². The molecule has 0 atom stereocenters. The van der Waals surface area contributed by atoms with Crippen LogP contribution in [0.4, 0.5) is 0 Å². The Kier molecular flexibility index (Phi) is 5.67. The van der Waals surface area contributed by atoms with Crippen molar-refractivity contribution in [2.75, 3.05) is 0 Å². The molecule has 6 nitrogen and oxygen atoms in total. The molecule has 2 aromatic heterocycles. The Labute approximate surface area is 185 Å². The first-order valence-corrected chi connectivity index (χ1v) is 10.4. The van der Waals surface area contributed by atoms with Crippen molar-refractivity contribution >= 4 is 57.2 Å². The standard InChI is InChI=1S/C21H14Cl2N4O2S/c1-11(14-10-30-20(19(14)28)12-2-4-15(22)16(23)8-12)26-27-21(29)13-3-5-17-18(9-13)25-7-6-24-17/h2-10,28H,1H3,(H,27,29). The summed E-state index contributed by atoms with van der Waals surface area (Å²) in [6.45, 7) is 1.70. The van der Waals surface area contributed by atoms with E-state index in [9.17, 15) is 9.90 Å². The second kappa shape index (κ2) is 8.39. The van der Waals surface area contributed by atoms with E-state index < -0.39 is 0 Å². The summed E-state index contributed by atoms with van der Waals surface area (Å²) in [6.07, 6.45) is 3.16. The zero-order chi connectivity index (χ0) is 21.3. The SMILES string of the molecule is CC(=NNC(=O)c1ccc2nccnc2c1)c1csc(-c2ccc(Cl)c(Cl)c2)c1O. The Morgan fingerprint density at radius 3 is 2.60 bits per heavy atom. The first kappa shape index (κ1) is 20.3. The predicted octanol–water partition coefficient (Wildman–Crippen LogP) is 5.52. The number of nitrogens with one attached hydrogen (secondary N) is 1. The summed E-state index contributed by atoms with van der Waals surface area (Å²) in [6, 6.07) is 10.2. The quantitative estimate of drug-likeness (QED) is 0.312. The number of benzene rings is 2. The van der Waals surface area contributed by atoms with E-state index in [-0.39, 0.29) is 11.7 Å². The van der Waals surface area contributed by atoms with Crippen LogP contribution in [0.25, 0.3) is 21.5 Å². The zero-order valence-corrected chi connectivity index (χ0v) is 17.9. The smallest absolute Gasteiger partial charge is 0.271 e. The van der Waals surface area contributed by atoms with Gasteiger partial charge in [-0.15, -0.1) is 11.3 Å². The van der Waals surface area contributed by atoms with Crippen molar-refractivity contribution in [3.63, 3.8) is 0 Å². The van der Waals surface area contributed by atoms with Gasteiger partial charge in [-0.1, -0.05) is 29.3 Å². The van der Waals surface area contributed by atoms with Crippen molar-refractivity contribution in [3.05, 3.63) is 75.3 Å². The van der Waals surface area contributed by atoms with Crippen molar-refractivity contribution in [1.82, 2.24) is 15.4 Å². The summed E-state index contributed by atoms with van der Waals surface area (Å²) in [4.78, 5) is 21.5. The number of hydrogen-bond acceptors (Lipinski definition) is 6. The molecule has 9 heteroatoms. The van der Waals surface area contributed by atoms with Gasteiger partial charge in [-0.05, 0) is 42.8 Å². The molecule has 0 aliphatic carbocycles. The Bertz CT molecular complexity index is 1300. The van der Waals surface area contributed by atoms with Gasteiger partial charge in [-0.2, -0.15) is 5.10 Å². The third-order valence-electron chi connectivity index (χ3n) is 4.39. The molecule has 1 amide bonds. The number of hydrazone groups is 1. The molecule has 0 aliphatic rings. The van der Waals surface area contributed by atoms with Crippen LogP contribution in [0.5, 0.6) is 5.75 Å². The summed E-state index contributed by atoms with van der Waals surface area (Å²) in [5.41, 5.74) is 5.96. The first-order chi connectivity index (χ1) is 14.4. The van der Waals surface area contributed by atoms with E-state index >= 15 is 0 Å². The highest BCUT2D eigenvalue weighted by Crippen LogP contribution is 2.40. The second-order valence-corrected chi connectivity index (χ2v) is 8.05. The minimum absolute atomic E-state index is 0.0647. The molecule has 30 heavy (non-hydrogen) atoms. The monoisotopic (exact) mass is 456 g/mol. The van der Waals surface area contributed by atoms with Crippen LogP contribution < -0.4 is 5.43 Å². The van der Waals surface area contributed by atoms with Gasteiger partial charge in [0.05, 0.1) is 37.2 Å². The fourth-order valence-corrected chi connectivity index (χ4v) is 4.12. The van der Waals surface area contributed by atoms with Gasteiger partial charge in [0.15, 0.2) is 0 Å². The lowest BCUT2D eigenvalue weighted by molar-refractivity contribution is 0.0955. The van der Waals surface area contributed by atoms with Gasteiger partial charge in [0.2, 0.25) is 0 Å². The number of thiophene rings is 1. The highest BCUT2D eigenvalue weighted by molar-refractivity contribution is 7.14. The van der Waals surface area contributed by atoms with E-state index in [1.165, 1.54) is 11.3 Å². The van der Waals surface area contributed by atoms with Crippen LogP contribution in [0, 0.1) is 0 Å². The number of aromatic nitrogens is 2. The summed E-state index contributed by atoms with van der Waals surface area (Å²) in [7, 11) is 0. The number of nitrogens with zero attached hydrogens (tertiary/aromatic N) is 3. The van der Waals surface area contributed by atoms with Crippen LogP contribution in [0.15, 0.2) is 59.3 Å². The molecule has 0 saturated heterocycles. The molecular weight excluding hydrogens is 443 g/mol. The zero-order valence-electron chi connectivity index (χ0n) is 15.6. The Balaban J connectivity index is 1.55. The largest absolute Gasteiger partial charge is 0.506 e. The minimum atomic E-state index is -0.388. The normalized spacial score (nSPS) is 11.6. The number of hydrogen-bond donors (Lipinski definition) is 2. The van der Waals surface area contributed by atoms with Crippen LogP contribution in [-0.2, 0) is 0 Å². The number of halogens is 2. The van der Waals surface area contributed by atoms with Gasteiger partial charge in [-0.3, -0.25) is 14.8 Å². The summed E-state index contributed by atoms with van der Waals surface area (Å²) in [5.74, 6) is -0.323. The van der Waals surface area contributed by atoms with Crippen LogP contribution in [-0.4, -0.2) is 26.7 Å². The van der Waals surface area contributed by atoms with Crippen molar-refractivity contribution in [3.8, 4) is 16.2 Å². The van der Waals surface area contributed by atoms with Gasteiger partial charge in [-0.25, -0.2) is 5.43 Å². The molecular formula is C21H14Cl2N4O2S. The lowest BCUT2D eigenvalue weighted by atomic mass is 10.1. The lowest BCUT2D eigenvalue weighted by Gasteiger charge is -2.05. The van der Waals surface area contributed by atoms with Crippen LogP contribution >= 0.6 is 34.5 Å². The highest BCUT2D eigenvalue weighted by Gasteiger charge is 2.16. The number of amides is 1. The average Bonchev–Trinajstić information content (AvgIpc) is 3.14. The Morgan fingerprint density at radius 1 is 1.07 bits per heavy atom. The number of fused-ring (bicyclic) bond motifs is 1. The molecule has 0 fully saturated rings. The fourth-order valence-electron chi connectivity index (χ4n) is 2.81. The maximum absolute atomic E-state index is 12.5. The number of aromatic hydroxyl groups is 1. The van der Waals surface area contributed by atoms with E-state index in [2.05, 4.69) is 20.5 Å². The van der Waals surface area contributed by atoms with E-state index in [1.807, 2.05) is 0 Å². The Hall–Kier alpha value is -3.00. The van der Waals surface area contributed by atoms with Gasteiger partial charge < -0.3 is 5.11 Å². The van der Waals surface area contributed by atoms with Crippen LogP contribution in [0.1, 0.15) is 22.8 Å². The molecule has 0 unspecified atom stereocenters. The molecule has 0 aliphatic heterocycles. The van der Waals surface area contributed by atoms with Crippen LogP contribution in [0.3, 0.4) is 0 Å². The van der Waals surface area contributed by atoms with E-state index in [0.29, 0.717) is 42.8 Å². The van der Waals surface area contributed by atoms with Gasteiger partial charge in [0.1, 0.15) is 5.75 Å². The molecule has 2 heterocycles. The van der Waals surface area contributed by atoms with Gasteiger partial charge in [0, 0.05) is 23.3 Å². The molecule has 4 aromatic rings. The third kappa shape index (κ3) is 4.00.